The average Bonchev–Trinajstić information content (AvgIpc) is 1.81. The van der Waals surface area contributed by atoms with Crippen molar-refractivity contribution in [2.24, 2.45) is 0 Å². The van der Waals surface area contributed by atoms with Crippen LogP contribution in [0.3, 0.4) is 0 Å². The molecular formula is C9H18O4. The van der Waals surface area contributed by atoms with Crippen molar-refractivity contribution in [3.05, 3.63) is 0 Å². The van der Waals surface area contributed by atoms with Gasteiger partial charge in [-0.1, -0.05) is 0 Å². The molecule has 0 spiro atoms. The Hall–Kier alpha value is -0.450. The third kappa shape index (κ3) is 6.69. The van der Waals surface area contributed by atoms with Gasteiger partial charge in [0, 0.05) is 19.4 Å². The first-order valence-electron chi connectivity index (χ1n) is 4.38. The highest BCUT2D eigenvalue weighted by Gasteiger charge is 2.24. The van der Waals surface area contributed by atoms with Crippen LogP contribution in [0.5, 0.6) is 0 Å². The van der Waals surface area contributed by atoms with E-state index in [9.17, 15) is 15.0 Å². The molecule has 0 amide bonds. The molecule has 2 unspecified atom stereocenters. The molecule has 3 N–H and O–H groups in total. The summed E-state index contributed by atoms with van der Waals surface area (Å²) in [5, 5.41) is 27.5. The highest BCUT2D eigenvalue weighted by Crippen LogP contribution is 2.17. The lowest BCUT2D eigenvalue weighted by Gasteiger charge is -2.24. The fourth-order valence-corrected chi connectivity index (χ4v) is 1.25. The van der Waals surface area contributed by atoms with Crippen LogP contribution in [-0.2, 0) is 4.79 Å². The molecular weight excluding hydrogens is 172 g/mol. The molecule has 0 saturated heterocycles. The van der Waals surface area contributed by atoms with Crippen LogP contribution in [-0.4, -0.2) is 39.4 Å². The van der Waals surface area contributed by atoms with Crippen molar-refractivity contribution < 1.29 is 20.1 Å². The molecule has 4 heteroatoms. The van der Waals surface area contributed by atoms with Gasteiger partial charge in [-0.3, -0.25) is 4.79 Å². The smallest absolute Gasteiger partial charge is 0.132 e. The maximum Gasteiger partial charge on any atom is 0.132 e. The number of ketones is 1. The summed E-state index contributed by atoms with van der Waals surface area (Å²) < 4.78 is 0. The summed E-state index contributed by atoms with van der Waals surface area (Å²) in [7, 11) is 0. The maximum absolute atomic E-state index is 10.6. The summed E-state index contributed by atoms with van der Waals surface area (Å²) in [6, 6.07) is 0. The van der Waals surface area contributed by atoms with Gasteiger partial charge in [0.05, 0.1) is 11.7 Å². The second-order valence-corrected chi connectivity index (χ2v) is 3.73. The molecule has 0 radical (unpaired) electrons. The van der Waals surface area contributed by atoms with Gasteiger partial charge in [-0.15, -0.1) is 0 Å². The SMILES string of the molecule is CC(=O)CC(O)CC(C)(O)CCO. The molecule has 0 aliphatic rings. The second kappa shape index (κ2) is 5.32. The lowest BCUT2D eigenvalue weighted by molar-refractivity contribution is -0.119. The molecule has 4 nitrogen and oxygen atoms in total. The number of aliphatic hydroxyl groups excluding tert-OH is 2. The summed E-state index contributed by atoms with van der Waals surface area (Å²) in [5.74, 6) is -0.104. The lowest BCUT2D eigenvalue weighted by atomic mass is 9.93. The molecule has 0 rings (SSSR count). The fraction of sp³-hybridized carbons (Fsp3) is 0.889. The Labute approximate surface area is 78.2 Å². The number of rotatable bonds is 6. The zero-order valence-corrected chi connectivity index (χ0v) is 8.16. The normalized spacial score (nSPS) is 17.9. The average molecular weight is 190 g/mol. The standard InChI is InChI=1S/C9H18O4/c1-7(11)5-8(12)6-9(2,13)3-4-10/h8,10,12-13H,3-6H2,1-2H3. The summed E-state index contributed by atoms with van der Waals surface area (Å²) >= 11 is 0. The fourth-order valence-electron chi connectivity index (χ4n) is 1.25. The zero-order chi connectivity index (χ0) is 10.5. The van der Waals surface area contributed by atoms with Crippen LogP contribution in [0.2, 0.25) is 0 Å². The van der Waals surface area contributed by atoms with E-state index in [0.717, 1.165) is 0 Å². The third-order valence-electron chi connectivity index (χ3n) is 1.85. The van der Waals surface area contributed by atoms with Crippen molar-refractivity contribution in [3.63, 3.8) is 0 Å². The number of aliphatic hydroxyl groups is 3. The minimum Gasteiger partial charge on any atom is -0.396 e. The van der Waals surface area contributed by atoms with Gasteiger partial charge < -0.3 is 15.3 Å². The van der Waals surface area contributed by atoms with E-state index < -0.39 is 11.7 Å². The van der Waals surface area contributed by atoms with Crippen LogP contribution in [0.15, 0.2) is 0 Å². The molecule has 0 saturated carbocycles. The summed E-state index contributed by atoms with van der Waals surface area (Å²) in [6.07, 6.45) is -0.435. The number of carbonyl (C=O) groups is 1. The van der Waals surface area contributed by atoms with E-state index in [4.69, 9.17) is 5.11 Å². The predicted molar refractivity (Wildman–Crippen MR) is 48.2 cm³/mol. The number of carbonyl (C=O) groups excluding carboxylic acids is 1. The Bertz CT molecular complexity index is 165. The second-order valence-electron chi connectivity index (χ2n) is 3.73. The molecule has 0 aliphatic carbocycles. The number of Topliss-reactive ketones (excluding diaryl/α,β-unsaturated/α-hetero) is 1. The molecule has 0 bridgehead atoms. The molecule has 0 aliphatic heterocycles. The van der Waals surface area contributed by atoms with E-state index in [-0.39, 0.29) is 31.7 Å². The Morgan fingerprint density at radius 3 is 2.46 bits per heavy atom. The largest absolute Gasteiger partial charge is 0.396 e. The number of hydrogen-bond acceptors (Lipinski definition) is 4. The molecule has 0 aromatic carbocycles. The first-order valence-corrected chi connectivity index (χ1v) is 4.38. The van der Waals surface area contributed by atoms with E-state index in [1.165, 1.54) is 13.8 Å². The summed E-state index contributed by atoms with van der Waals surface area (Å²) in [6.45, 7) is 2.80. The van der Waals surface area contributed by atoms with Crippen LogP contribution >= 0.6 is 0 Å². The van der Waals surface area contributed by atoms with Gasteiger partial charge in [0.2, 0.25) is 0 Å². The Morgan fingerprint density at radius 2 is 2.08 bits per heavy atom. The molecule has 0 aromatic rings. The van der Waals surface area contributed by atoms with Crippen LogP contribution in [0, 0.1) is 0 Å². The predicted octanol–water partition coefficient (Wildman–Crippen LogP) is -0.150. The van der Waals surface area contributed by atoms with E-state index in [0.29, 0.717) is 0 Å². The minimum atomic E-state index is -1.09. The molecule has 13 heavy (non-hydrogen) atoms. The Balaban J connectivity index is 3.88. The summed E-state index contributed by atoms with van der Waals surface area (Å²) in [5.41, 5.74) is -1.09. The zero-order valence-electron chi connectivity index (χ0n) is 8.16. The Morgan fingerprint density at radius 1 is 1.54 bits per heavy atom. The molecule has 0 fully saturated rings. The molecule has 2 atom stereocenters. The first kappa shape index (κ1) is 12.6. The van der Waals surface area contributed by atoms with Gasteiger partial charge in [0.1, 0.15) is 5.78 Å². The molecule has 78 valence electrons. The van der Waals surface area contributed by atoms with Crippen molar-refractivity contribution in [2.75, 3.05) is 6.61 Å². The van der Waals surface area contributed by atoms with Crippen molar-refractivity contribution in [3.8, 4) is 0 Å². The van der Waals surface area contributed by atoms with Gasteiger partial charge in [-0.25, -0.2) is 0 Å². The lowest BCUT2D eigenvalue weighted by Crippen LogP contribution is -2.31. The van der Waals surface area contributed by atoms with Crippen LogP contribution in [0.1, 0.15) is 33.1 Å². The summed E-state index contributed by atoms with van der Waals surface area (Å²) in [4.78, 5) is 10.6. The highest BCUT2D eigenvalue weighted by atomic mass is 16.3. The van der Waals surface area contributed by atoms with Crippen LogP contribution in [0.4, 0.5) is 0 Å². The number of hydrogen-bond donors (Lipinski definition) is 3. The quantitative estimate of drug-likeness (QED) is 0.544. The van der Waals surface area contributed by atoms with Gasteiger partial charge in [-0.05, 0) is 20.3 Å². The van der Waals surface area contributed by atoms with Crippen molar-refractivity contribution in [1.29, 1.82) is 0 Å². The molecule has 0 heterocycles. The first-order chi connectivity index (χ1) is 5.87. The van der Waals surface area contributed by atoms with E-state index in [1.54, 1.807) is 0 Å². The highest BCUT2D eigenvalue weighted by molar-refractivity contribution is 5.75. The van der Waals surface area contributed by atoms with Crippen molar-refractivity contribution in [2.45, 2.75) is 44.8 Å². The van der Waals surface area contributed by atoms with Gasteiger partial charge >= 0.3 is 0 Å². The van der Waals surface area contributed by atoms with Gasteiger partial charge in [-0.2, -0.15) is 0 Å². The molecule has 0 aromatic heterocycles. The van der Waals surface area contributed by atoms with E-state index >= 15 is 0 Å². The minimum absolute atomic E-state index is 0.0571. The maximum atomic E-state index is 10.6. The van der Waals surface area contributed by atoms with Crippen LogP contribution < -0.4 is 0 Å². The Kier molecular flexibility index (Phi) is 5.13. The monoisotopic (exact) mass is 190 g/mol. The van der Waals surface area contributed by atoms with Crippen LogP contribution in [0.25, 0.3) is 0 Å². The van der Waals surface area contributed by atoms with Gasteiger partial charge in [0.25, 0.3) is 0 Å². The van der Waals surface area contributed by atoms with Crippen molar-refractivity contribution >= 4 is 5.78 Å². The van der Waals surface area contributed by atoms with E-state index in [2.05, 4.69) is 0 Å². The topological polar surface area (TPSA) is 77.8 Å². The van der Waals surface area contributed by atoms with Crippen molar-refractivity contribution in [1.82, 2.24) is 0 Å². The third-order valence-corrected chi connectivity index (χ3v) is 1.85. The van der Waals surface area contributed by atoms with Gasteiger partial charge in [0.15, 0.2) is 0 Å². The van der Waals surface area contributed by atoms with E-state index in [1.807, 2.05) is 0 Å².